The Morgan fingerprint density at radius 2 is 2.05 bits per heavy atom. The van der Waals surface area contributed by atoms with Crippen molar-refractivity contribution in [1.29, 1.82) is 0 Å². The summed E-state index contributed by atoms with van der Waals surface area (Å²) in [6.07, 6.45) is 0.591. The van der Waals surface area contributed by atoms with E-state index in [1.54, 1.807) is 11.3 Å². The first kappa shape index (κ1) is 14.3. The van der Waals surface area contributed by atoms with Crippen molar-refractivity contribution in [3.63, 3.8) is 0 Å². The van der Waals surface area contributed by atoms with E-state index >= 15 is 0 Å². The van der Waals surface area contributed by atoms with Gasteiger partial charge in [0.1, 0.15) is 6.04 Å². The normalized spacial score (nSPS) is 18.5. The summed E-state index contributed by atoms with van der Waals surface area (Å²) in [6, 6.07) is 9.91. The Morgan fingerprint density at radius 1 is 1.33 bits per heavy atom. The summed E-state index contributed by atoms with van der Waals surface area (Å²) >= 11 is 1.78. The van der Waals surface area contributed by atoms with Gasteiger partial charge in [0, 0.05) is 22.8 Å². The van der Waals surface area contributed by atoms with E-state index in [2.05, 4.69) is 30.9 Å². The van der Waals surface area contributed by atoms with Gasteiger partial charge in [-0.1, -0.05) is 24.3 Å². The second kappa shape index (κ2) is 5.62. The molecule has 0 radical (unpaired) electrons. The number of fused-ring (bicyclic) bond motifs is 1. The van der Waals surface area contributed by atoms with Crippen molar-refractivity contribution in [2.45, 2.75) is 39.4 Å². The Morgan fingerprint density at radius 3 is 2.67 bits per heavy atom. The lowest BCUT2D eigenvalue weighted by atomic mass is 9.93. The molecule has 2 heterocycles. The van der Waals surface area contributed by atoms with Crippen molar-refractivity contribution in [1.82, 2.24) is 4.90 Å². The van der Waals surface area contributed by atoms with Gasteiger partial charge in [0.2, 0.25) is 0 Å². The number of rotatable bonds is 3. The molecule has 0 saturated heterocycles. The molecule has 0 amide bonds. The number of hydrogen-bond donors (Lipinski definition) is 1. The van der Waals surface area contributed by atoms with Crippen LogP contribution in [0.4, 0.5) is 0 Å². The molecule has 3 nitrogen and oxygen atoms in total. The number of carbonyl (C=O) groups is 1. The minimum Gasteiger partial charge on any atom is -0.480 e. The molecule has 0 bridgehead atoms. The molecule has 3 rings (SSSR count). The van der Waals surface area contributed by atoms with E-state index in [4.69, 9.17) is 0 Å². The largest absolute Gasteiger partial charge is 0.480 e. The Bertz CT molecular complexity index is 677. The predicted octanol–water partition coefficient (Wildman–Crippen LogP) is 3.38. The van der Waals surface area contributed by atoms with Gasteiger partial charge >= 0.3 is 5.97 Å². The molecule has 0 saturated carbocycles. The summed E-state index contributed by atoms with van der Waals surface area (Å²) in [6.45, 7) is 5.63. The number of aliphatic carboxylic acids is 1. The summed E-state index contributed by atoms with van der Waals surface area (Å²) in [5, 5.41) is 9.55. The van der Waals surface area contributed by atoms with Crippen molar-refractivity contribution in [3.05, 3.63) is 56.8 Å². The second-order valence-corrected chi connectivity index (χ2v) is 7.13. The number of carboxylic acid groups (broad SMARTS) is 1. The van der Waals surface area contributed by atoms with E-state index in [0.717, 1.165) is 0 Å². The summed E-state index contributed by atoms with van der Waals surface area (Å²) in [5.41, 5.74) is 3.67. The van der Waals surface area contributed by atoms with Gasteiger partial charge in [0.05, 0.1) is 0 Å². The summed E-state index contributed by atoms with van der Waals surface area (Å²) in [4.78, 5) is 16.3. The third-order valence-electron chi connectivity index (χ3n) is 4.15. The maximum atomic E-state index is 11.6. The molecule has 1 aromatic carbocycles. The Labute approximate surface area is 128 Å². The van der Waals surface area contributed by atoms with E-state index in [9.17, 15) is 9.90 Å². The molecule has 4 heteroatoms. The van der Waals surface area contributed by atoms with E-state index < -0.39 is 12.0 Å². The summed E-state index contributed by atoms with van der Waals surface area (Å²) in [7, 11) is 0. The third-order valence-corrected chi connectivity index (χ3v) is 5.16. The first-order chi connectivity index (χ1) is 10.0. The number of carboxylic acids is 1. The SMILES string of the molecule is Cc1cc(CN2Cc3ccccc3CC2C(=O)O)c(C)s1. The highest BCUT2D eigenvalue weighted by Crippen LogP contribution is 2.28. The average Bonchev–Trinajstić information content (AvgIpc) is 2.76. The van der Waals surface area contributed by atoms with Crippen LogP contribution in [-0.2, 0) is 24.3 Å². The molecule has 2 aromatic rings. The Kier molecular flexibility index (Phi) is 3.83. The summed E-state index contributed by atoms with van der Waals surface area (Å²) < 4.78 is 0. The number of benzene rings is 1. The van der Waals surface area contributed by atoms with E-state index in [1.807, 2.05) is 18.2 Å². The quantitative estimate of drug-likeness (QED) is 0.945. The van der Waals surface area contributed by atoms with Crippen LogP contribution in [0.2, 0.25) is 0 Å². The molecule has 1 unspecified atom stereocenters. The average molecular weight is 301 g/mol. The number of hydrogen-bond acceptors (Lipinski definition) is 3. The van der Waals surface area contributed by atoms with Crippen molar-refractivity contribution in [2.24, 2.45) is 0 Å². The number of thiophene rings is 1. The monoisotopic (exact) mass is 301 g/mol. The lowest BCUT2D eigenvalue weighted by molar-refractivity contribution is -0.144. The van der Waals surface area contributed by atoms with Gasteiger partial charge in [-0.15, -0.1) is 11.3 Å². The molecule has 0 aliphatic carbocycles. The first-order valence-corrected chi connectivity index (χ1v) is 7.96. The zero-order valence-corrected chi connectivity index (χ0v) is 13.1. The number of nitrogens with zero attached hydrogens (tertiary/aromatic N) is 1. The fourth-order valence-electron chi connectivity index (χ4n) is 3.05. The lowest BCUT2D eigenvalue weighted by Gasteiger charge is -2.34. The van der Waals surface area contributed by atoms with Gasteiger partial charge in [0.25, 0.3) is 0 Å². The molecule has 110 valence electrons. The van der Waals surface area contributed by atoms with Crippen LogP contribution in [0.5, 0.6) is 0 Å². The molecule has 0 fully saturated rings. The van der Waals surface area contributed by atoms with Gasteiger partial charge in [-0.05, 0) is 43.0 Å². The second-order valence-electron chi connectivity index (χ2n) is 5.67. The fourth-order valence-corrected chi connectivity index (χ4v) is 3.98. The predicted molar refractivity (Wildman–Crippen MR) is 84.6 cm³/mol. The number of aryl methyl sites for hydroxylation is 2. The van der Waals surface area contributed by atoms with Gasteiger partial charge in [-0.2, -0.15) is 0 Å². The highest BCUT2D eigenvalue weighted by atomic mass is 32.1. The van der Waals surface area contributed by atoms with Crippen LogP contribution >= 0.6 is 11.3 Å². The van der Waals surface area contributed by atoms with Gasteiger partial charge in [-0.25, -0.2) is 0 Å². The van der Waals surface area contributed by atoms with E-state index in [-0.39, 0.29) is 0 Å². The van der Waals surface area contributed by atoms with Crippen molar-refractivity contribution >= 4 is 17.3 Å². The molecule has 1 N–H and O–H groups in total. The molecule has 1 aliphatic rings. The van der Waals surface area contributed by atoms with Gasteiger partial charge in [-0.3, -0.25) is 9.69 Å². The third kappa shape index (κ3) is 2.87. The summed E-state index contributed by atoms with van der Waals surface area (Å²) in [5.74, 6) is -0.728. The van der Waals surface area contributed by atoms with Crippen LogP contribution in [-0.4, -0.2) is 22.0 Å². The molecule has 1 atom stereocenters. The Balaban J connectivity index is 1.89. The van der Waals surface area contributed by atoms with Crippen molar-refractivity contribution in [3.8, 4) is 0 Å². The van der Waals surface area contributed by atoms with Crippen molar-refractivity contribution < 1.29 is 9.90 Å². The maximum absolute atomic E-state index is 11.6. The van der Waals surface area contributed by atoms with Crippen molar-refractivity contribution in [2.75, 3.05) is 0 Å². The Hall–Kier alpha value is -1.65. The van der Waals surface area contributed by atoms with Crippen LogP contribution in [0.15, 0.2) is 30.3 Å². The fraction of sp³-hybridized carbons (Fsp3) is 0.353. The zero-order chi connectivity index (χ0) is 15.0. The van der Waals surface area contributed by atoms with Crippen LogP contribution < -0.4 is 0 Å². The molecular formula is C17H19NO2S. The van der Waals surface area contributed by atoms with Crippen LogP contribution in [0.3, 0.4) is 0 Å². The van der Waals surface area contributed by atoms with Gasteiger partial charge in [0.15, 0.2) is 0 Å². The highest BCUT2D eigenvalue weighted by Gasteiger charge is 2.31. The molecule has 1 aromatic heterocycles. The highest BCUT2D eigenvalue weighted by molar-refractivity contribution is 7.12. The topological polar surface area (TPSA) is 40.5 Å². The van der Waals surface area contributed by atoms with Crippen LogP contribution in [0.1, 0.15) is 26.4 Å². The first-order valence-electron chi connectivity index (χ1n) is 7.14. The molecule has 1 aliphatic heterocycles. The van der Waals surface area contributed by atoms with E-state index in [1.165, 1.54) is 26.4 Å². The molecule has 21 heavy (non-hydrogen) atoms. The zero-order valence-electron chi connectivity index (χ0n) is 12.3. The minimum atomic E-state index is -0.728. The maximum Gasteiger partial charge on any atom is 0.321 e. The molecular weight excluding hydrogens is 282 g/mol. The van der Waals surface area contributed by atoms with Crippen LogP contribution in [0, 0.1) is 13.8 Å². The lowest BCUT2D eigenvalue weighted by Crippen LogP contribution is -2.45. The standard InChI is InChI=1S/C17H19NO2S/c1-11-7-15(12(2)21-11)10-18-9-14-6-4-3-5-13(14)8-16(18)17(19)20/h3-7,16H,8-10H2,1-2H3,(H,19,20). The van der Waals surface area contributed by atoms with Crippen LogP contribution in [0.25, 0.3) is 0 Å². The van der Waals surface area contributed by atoms with E-state index in [0.29, 0.717) is 19.5 Å². The van der Waals surface area contributed by atoms with Gasteiger partial charge < -0.3 is 5.11 Å². The smallest absolute Gasteiger partial charge is 0.321 e. The minimum absolute atomic E-state index is 0.431. The molecule has 0 spiro atoms.